The zero-order valence-electron chi connectivity index (χ0n) is 18.9. The summed E-state index contributed by atoms with van der Waals surface area (Å²) in [4.78, 5) is 23.7. The highest BCUT2D eigenvalue weighted by Gasteiger charge is 2.72. The molecule has 0 saturated heterocycles. The van der Waals surface area contributed by atoms with Crippen molar-refractivity contribution in [2.24, 2.45) is 34.0 Å². The molecule has 5 nitrogen and oxygen atoms in total. The van der Waals surface area contributed by atoms with Crippen LogP contribution in [0.4, 0.5) is 0 Å². The van der Waals surface area contributed by atoms with E-state index < -0.39 is 5.60 Å². The Bertz CT molecular complexity index is 712. The van der Waals surface area contributed by atoms with Gasteiger partial charge in [0.25, 0.3) is 0 Å². The van der Waals surface area contributed by atoms with Crippen LogP contribution < -0.4 is 0 Å². The smallest absolute Gasteiger partial charge is 0.302 e. The Balaban J connectivity index is 1.79. The first kappa shape index (κ1) is 21.1. The summed E-state index contributed by atoms with van der Waals surface area (Å²) in [7, 11) is 0. The fourth-order valence-electron chi connectivity index (χ4n) is 8.56. The van der Waals surface area contributed by atoms with Gasteiger partial charge in [-0.25, -0.2) is 0 Å². The lowest BCUT2D eigenvalue weighted by atomic mass is 9.39. The number of fused-ring (bicyclic) bond motifs is 2. The van der Waals surface area contributed by atoms with Crippen LogP contribution >= 0.6 is 0 Å². The largest absolute Gasteiger partial charge is 0.463 e. The van der Waals surface area contributed by atoms with E-state index in [-0.39, 0.29) is 52.2 Å². The van der Waals surface area contributed by atoms with Gasteiger partial charge in [-0.1, -0.05) is 20.8 Å². The van der Waals surface area contributed by atoms with Gasteiger partial charge < -0.3 is 14.6 Å². The van der Waals surface area contributed by atoms with Gasteiger partial charge in [0.2, 0.25) is 0 Å². The molecule has 0 aliphatic heterocycles. The van der Waals surface area contributed by atoms with E-state index in [2.05, 4.69) is 20.8 Å². The molecule has 4 aliphatic rings. The summed E-state index contributed by atoms with van der Waals surface area (Å²) in [6, 6.07) is 0. The normalized spacial score (nSPS) is 50.2. The molecule has 0 aromatic rings. The summed E-state index contributed by atoms with van der Waals surface area (Å²) < 4.78 is 11.7. The number of aliphatic hydroxyl groups is 1. The summed E-state index contributed by atoms with van der Waals surface area (Å²) in [5.41, 5.74) is -0.627. The third-order valence-electron chi connectivity index (χ3n) is 9.64. The lowest BCUT2D eigenvalue weighted by molar-refractivity contribution is -0.229. The maximum absolute atomic E-state index is 12.0. The number of carbonyl (C=O) groups excluding carboxylic acids is 2. The van der Waals surface area contributed by atoms with Crippen LogP contribution in [0.5, 0.6) is 0 Å². The van der Waals surface area contributed by atoms with Gasteiger partial charge >= 0.3 is 11.9 Å². The van der Waals surface area contributed by atoms with E-state index in [4.69, 9.17) is 9.47 Å². The molecule has 4 fully saturated rings. The van der Waals surface area contributed by atoms with Crippen molar-refractivity contribution in [2.75, 3.05) is 0 Å². The fraction of sp³-hybridized carbons (Fsp3) is 0.917. The first-order valence-electron chi connectivity index (χ1n) is 11.4. The van der Waals surface area contributed by atoms with Gasteiger partial charge in [0.05, 0.1) is 5.60 Å². The standard InChI is InChI=1S/C24H38O5/c1-14(25)28-17-12-21(3,4)20-10-19(29-15(2)26)18-9-16-11-24(18,22(20,5)13-17)8-7-23(16,6)27/h16-20,27H,7-13H2,1-6H3/t16-,17-,18+,19+,20-,22-,23-,24+/m0/s1. The monoisotopic (exact) mass is 406 g/mol. The highest BCUT2D eigenvalue weighted by molar-refractivity contribution is 5.66. The number of hydrogen-bond acceptors (Lipinski definition) is 5. The van der Waals surface area contributed by atoms with Crippen molar-refractivity contribution in [1.29, 1.82) is 0 Å². The number of hydrogen-bond donors (Lipinski definition) is 1. The quantitative estimate of drug-likeness (QED) is 0.694. The molecule has 1 N–H and O–H groups in total. The van der Waals surface area contributed by atoms with Crippen LogP contribution in [-0.2, 0) is 19.1 Å². The third-order valence-corrected chi connectivity index (χ3v) is 9.64. The topological polar surface area (TPSA) is 72.8 Å². The van der Waals surface area contributed by atoms with Crippen molar-refractivity contribution in [3.05, 3.63) is 0 Å². The Kier molecular flexibility index (Phi) is 4.70. The second kappa shape index (κ2) is 6.45. The number of rotatable bonds is 2. The molecule has 2 bridgehead atoms. The second-order valence-corrected chi connectivity index (χ2v) is 11.7. The van der Waals surface area contributed by atoms with E-state index in [1.54, 1.807) is 0 Å². The minimum atomic E-state index is -0.644. The molecule has 4 saturated carbocycles. The number of esters is 2. The molecule has 164 valence electrons. The van der Waals surface area contributed by atoms with Crippen molar-refractivity contribution in [1.82, 2.24) is 0 Å². The van der Waals surface area contributed by atoms with Gasteiger partial charge in [-0.3, -0.25) is 9.59 Å². The Morgan fingerprint density at radius 3 is 2.17 bits per heavy atom. The van der Waals surface area contributed by atoms with Crippen molar-refractivity contribution in [3.8, 4) is 0 Å². The minimum Gasteiger partial charge on any atom is -0.463 e. The molecule has 0 unspecified atom stereocenters. The molecular formula is C24H38O5. The number of carbonyl (C=O) groups is 2. The zero-order chi connectivity index (χ0) is 21.4. The van der Waals surface area contributed by atoms with E-state index in [0.717, 1.165) is 44.9 Å². The summed E-state index contributed by atoms with van der Waals surface area (Å²) >= 11 is 0. The van der Waals surface area contributed by atoms with E-state index in [1.165, 1.54) is 13.8 Å². The van der Waals surface area contributed by atoms with Crippen molar-refractivity contribution < 1.29 is 24.2 Å². The van der Waals surface area contributed by atoms with Gasteiger partial charge in [0.1, 0.15) is 12.2 Å². The molecule has 0 amide bonds. The molecule has 0 radical (unpaired) electrons. The van der Waals surface area contributed by atoms with E-state index >= 15 is 0 Å². The van der Waals surface area contributed by atoms with Gasteiger partial charge in [-0.2, -0.15) is 0 Å². The van der Waals surface area contributed by atoms with Gasteiger partial charge in [-0.15, -0.1) is 0 Å². The summed E-state index contributed by atoms with van der Waals surface area (Å²) in [6.07, 6.45) is 6.11. The SMILES string of the molecule is CC(=O)O[C@H]1CC(C)(C)[C@@H]2C[C@@H](OC(C)=O)[C@H]3C[C@H]4C[C@@]3(CC[C@]4(C)O)[C@@]2(C)C1. The van der Waals surface area contributed by atoms with Crippen LogP contribution in [0.1, 0.15) is 86.5 Å². The molecule has 4 rings (SSSR count). The highest BCUT2D eigenvalue weighted by atomic mass is 16.5. The second-order valence-electron chi connectivity index (χ2n) is 11.7. The van der Waals surface area contributed by atoms with Crippen LogP contribution in [0.3, 0.4) is 0 Å². The Morgan fingerprint density at radius 2 is 1.55 bits per heavy atom. The average molecular weight is 407 g/mol. The molecule has 5 heteroatoms. The first-order chi connectivity index (χ1) is 13.3. The van der Waals surface area contributed by atoms with E-state index in [1.807, 2.05) is 6.92 Å². The lowest BCUT2D eigenvalue weighted by Crippen LogP contribution is -2.64. The molecule has 8 atom stereocenters. The van der Waals surface area contributed by atoms with Crippen molar-refractivity contribution >= 4 is 11.9 Å². The van der Waals surface area contributed by atoms with E-state index in [0.29, 0.717) is 5.92 Å². The van der Waals surface area contributed by atoms with Crippen molar-refractivity contribution in [2.45, 2.75) is 104 Å². The molecule has 0 aromatic carbocycles. The zero-order valence-corrected chi connectivity index (χ0v) is 18.9. The minimum absolute atomic E-state index is 0.00142. The summed E-state index contributed by atoms with van der Waals surface area (Å²) in [5, 5.41) is 11.0. The summed E-state index contributed by atoms with van der Waals surface area (Å²) in [5.74, 6) is 0.509. The Labute approximate surface area is 174 Å². The van der Waals surface area contributed by atoms with Gasteiger partial charge in [-0.05, 0) is 80.0 Å². The molecule has 0 heterocycles. The maximum Gasteiger partial charge on any atom is 0.302 e. The Morgan fingerprint density at radius 1 is 0.897 bits per heavy atom. The predicted octanol–water partition coefficient (Wildman–Crippen LogP) is 4.25. The Hall–Kier alpha value is -1.10. The molecular weight excluding hydrogens is 368 g/mol. The lowest BCUT2D eigenvalue weighted by Gasteiger charge is -2.67. The third kappa shape index (κ3) is 3.05. The molecule has 0 aromatic heterocycles. The van der Waals surface area contributed by atoms with Gasteiger partial charge in [0.15, 0.2) is 0 Å². The van der Waals surface area contributed by atoms with Crippen LogP contribution in [-0.4, -0.2) is 34.9 Å². The summed E-state index contributed by atoms with van der Waals surface area (Å²) in [6.45, 7) is 12.0. The van der Waals surface area contributed by atoms with Crippen LogP contribution in [0.15, 0.2) is 0 Å². The average Bonchev–Trinajstić information content (AvgIpc) is 2.91. The van der Waals surface area contributed by atoms with Crippen molar-refractivity contribution in [3.63, 3.8) is 0 Å². The molecule has 29 heavy (non-hydrogen) atoms. The van der Waals surface area contributed by atoms with Crippen LogP contribution in [0, 0.1) is 34.0 Å². The first-order valence-corrected chi connectivity index (χ1v) is 11.4. The maximum atomic E-state index is 12.0. The van der Waals surface area contributed by atoms with E-state index in [9.17, 15) is 14.7 Å². The highest BCUT2D eigenvalue weighted by Crippen LogP contribution is 2.75. The van der Waals surface area contributed by atoms with Crippen LogP contribution in [0.25, 0.3) is 0 Å². The fourth-order valence-corrected chi connectivity index (χ4v) is 8.56. The van der Waals surface area contributed by atoms with Gasteiger partial charge in [0, 0.05) is 19.8 Å². The molecule has 4 aliphatic carbocycles. The molecule has 1 spiro atoms. The predicted molar refractivity (Wildman–Crippen MR) is 109 cm³/mol. The number of ether oxygens (including phenoxy) is 2. The van der Waals surface area contributed by atoms with Crippen LogP contribution in [0.2, 0.25) is 0 Å².